The summed E-state index contributed by atoms with van der Waals surface area (Å²) in [6.07, 6.45) is 3.79. The number of pyridine rings is 1. The van der Waals surface area contributed by atoms with Crippen LogP contribution in [0.5, 0.6) is 0 Å². The van der Waals surface area contributed by atoms with Crippen molar-refractivity contribution in [1.29, 1.82) is 0 Å². The molecule has 0 bridgehead atoms. The molecule has 8 heteroatoms. The molecule has 0 aliphatic rings. The minimum atomic E-state index is -3.28. The van der Waals surface area contributed by atoms with Gasteiger partial charge in [0.2, 0.25) is 21.8 Å². The van der Waals surface area contributed by atoms with Gasteiger partial charge in [0.25, 0.3) is 0 Å². The third-order valence-corrected chi connectivity index (χ3v) is 3.82. The predicted octanol–water partition coefficient (Wildman–Crippen LogP) is 0.961. The van der Waals surface area contributed by atoms with E-state index >= 15 is 0 Å². The summed E-state index contributed by atoms with van der Waals surface area (Å²) < 4.78 is 30.7. The quantitative estimate of drug-likeness (QED) is 0.847. The second-order valence-corrected chi connectivity index (χ2v) is 5.81. The zero-order valence-corrected chi connectivity index (χ0v) is 11.2. The second kappa shape index (κ2) is 5.89. The zero-order chi connectivity index (χ0) is 13.7. The molecule has 2 aromatic heterocycles. The Balaban J connectivity index is 2.03. The van der Waals surface area contributed by atoms with Gasteiger partial charge >= 0.3 is 0 Å². The average Bonchev–Trinajstić information content (AvgIpc) is 2.86. The van der Waals surface area contributed by atoms with Crippen molar-refractivity contribution in [3.05, 3.63) is 30.4 Å². The maximum absolute atomic E-state index is 11.5. The van der Waals surface area contributed by atoms with E-state index in [-0.39, 0.29) is 18.2 Å². The summed E-state index contributed by atoms with van der Waals surface area (Å²) in [5.74, 6) is 0.618. The predicted molar refractivity (Wildman–Crippen MR) is 68.4 cm³/mol. The SMILES string of the molecule is CCCS(=O)(=O)NCc1nnc(-c2cccnc2)o1. The largest absolute Gasteiger partial charge is 0.419 e. The van der Waals surface area contributed by atoms with Gasteiger partial charge in [-0.2, -0.15) is 0 Å². The van der Waals surface area contributed by atoms with E-state index in [1.807, 2.05) is 0 Å². The van der Waals surface area contributed by atoms with E-state index in [1.54, 1.807) is 31.5 Å². The molecular weight excluding hydrogens is 268 g/mol. The lowest BCUT2D eigenvalue weighted by molar-refractivity contribution is 0.494. The zero-order valence-electron chi connectivity index (χ0n) is 10.4. The van der Waals surface area contributed by atoms with Crippen molar-refractivity contribution in [2.45, 2.75) is 19.9 Å². The lowest BCUT2D eigenvalue weighted by atomic mass is 10.3. The molecule has 7 nitrogen and oxygen atoms in total. The van der Waals surface area contributed by atoms with Crippen LogP contribution in [0.3, 0.4) is 0 Å². The Kier molecular flexibility index (Phi) is 4.23. The first-order chi connectivity index (χ1) is 9.11. The van der Waals surface area contributed by atoms with Crippen LogP contribution in [0, 0.1) is 0 Å². The van der Waals surface area contributed by atoms with Gasteiger partial charge < -0.3 is 4.42 Å². The summed E-state index contributed by atoms with van der Waals surface area (Å²) in [7, 11) is -3.28. The fourth-order valence-electron chi connectivity index (χ4n) is 1.44. The van der Waals surface area contributed by atoms with Crippen molar-refractivity contribution in [2.75, 3.05) is 5.75 Å². The van der Waals surface area contributed by atoms with E-state index in [0.29, 0.717) is 17.9 Å². The van der Waals surface area contributed by atoms with E-state index in [0.717, 1.165) is 0 Å². The van der Waals surface area contributed by atoms with Crippen molar-refractivity contribution in [3.63, 3.8) is 0 Å². The minimum absolute atomic E-state index is 0.00437. The van der Waals surface area contributed by atoms with Crippen LogP contribution in [-0.4, -0.2) is 29.4 Å². The average molecular weight is 282 g/mol. The Morgan fingerprint density at radius 2 is 2.21 bits per heavy atom. The van der Waals surface area contributed by atoms with Gasteiger partial charge in [-0.15, -0.1) is 10.2 Å². The van der Waals surface area contributed by atoms with Gasteiger partial charge in [-0.3, -0.25) is 4.98 Å². The van der Waals surface area contributed by atoms with E-state index in [2.05, 4.69) is 19.9 Å². The Bertz CT molecular complexity index is 624. The maximum Gasteiger partial charge on any atom is 0.249 e. The molecule has 2 rings (SSSR count). The maximum atomic E-state index is 11.5. The summed E-state index contributed by atoms with van der Waals surface area (Å²) in [6, 6.07) is 3.54. The lowest BCUT2D eigenvalue weighted by Crippen LogP contribution is -2.25. The molecule has 0 unspecified atom stereocenters. The number of sulfonamides is 1. The van der Waals surface area contributed by atoms with Crippen molar-refractivity contribution in [2.24, 2.45) is 0 Å². The molecule has 0 saturated carbocycles. The fraction of sp³-hybridized carbons (Fsp3) is 0.364. The number of rotatable bonds is 6. The summed E-state index contributed by atoms with van der Waals surface area (Å²) in [5.41, 5.74) is 0.692. The first-order valence-corrected chi connectivity index (χ1v) is 7.46. The monoisotopic (exact) mass is 282 g/mol. The Labute approximate surface area is 111 Å². The molecule has 0 aromatic carbocycles. The third-order valence-electron chi connectivity index (χ3n) is 2.29. The normalized spacial score (nSPS) is 11.6. The van der Waals surface area contributed by atoms with Crippen LogP contribution in [-0.2, 0) is 16.6 Å². The summed E-state index contributed by atoms with van der Waals surface area (Å²) in [6.45, 7) is 1.79. The number of aromatic nitrogens is 3. The summed E-state index contributed by atoms with van der Waals surface area (Å²) >= 11 is 0. The van der Waals surface area contributed by atoms with Gasteiger partial charge in [-0.05, 0) is 18.6 Å². The molecule has 2 heterocycles. The topological polar surface area (TPSA) is 98.0 Å². The fourth-order valence-corrected chi connectivity index (χ4v) is 2.47. The molecule has 0 radical (unpaired) electrons. The van der Waals surface area contributed by atoms with Crippen LogP contribution in [0.4, 0.5) is 0 Å². The molecule has 1 N–H and O–H groups in total. The highest BCUT2D eigenvalue weighted by Crippen LogP contribution is 2.15. The Morgan fingerprint density at radius 1 is 1.37 bits per heavy atom. The highest BCUT2D eigenvalue weighted by atomic mass is 32.2. The van der Waals surface area contributed by atoms with E-state index in [4.69, 9.17) is 4.42 Å². The molecule has 102 valence electrons. The lowest BCUT2D eigenvalue weighted by Gasteiger charge is -2.01. The molecule has 0 saturated heterocycles. The number of hydrogen-bond acceptors (Lipinski definition) is 6. The number of hydrogen-bond donors (Lipinski definition) is 1. The molecule has 2 aromatic rings. The Hall–Kier alpha value is -1.80. The van der Waals surface area contributed by atoms with Crippen LogP contribution >= 0.6 is 0 Å². The van der Waals surface area contributed by atoms with Crippen LogP contribution in [0.25, 0.3) is 11.5 Å². The van der Waals surface area contributed by atoms with Gasteiger partial charge in [0.05, 0.1) is 17.9 Å². The smallest absolute Gasteiger partial charge is 0.249 e. The van der Waals surface area contributed by atoms with Gasteiger partial charge in [0.1, 0.15) is 0 Å². The minimum Gasteiger partial charge on any atom is -0.419 e. The molecule has 0 aliphatic carbocycles. The van der Waals surface area contributed by atoms with Crippen LogP contribution in [0.15, 0.2) is 28.9 Å². The van der Waals surface area contributed by atoms with Crippen LogP contribution in [0.2, 0.25) is 0 Å². The van der Waals surface area contributed by atoms with Gasteiger partial charge in [0.15, 0.2) is 0 Å². The first-order valence-electron chi connectivity index (χ1n) is 5.81. The van der Waals surface area contributed by atoms with Crippen molar-refractivity contribution < 1.29 is 12.8 Å². The van der Waals surface area contributed by atoms with Crippen molar-refractivity contribution in [3.8, 4) is 11.5 Å². The molecular formula is C11H14N4O3S. The standard InChI is InChI=1S/C11H14N4O3S/c1-2-6-19(16,17)13-8-10-14-15-11(18-10)9-4-3-5-12-7-9/h3-5,7,13H,2,6,8H2,1H3. The summed E-state index contributed by atoms with van der Waals surface area (Å²) in [4.78, 5) is 3.94. The number of nitrogens with zero attached hydrogens (tertiary/aromatic N) is 3. The summed E-state index contributed by atoms with van der Waals surface area (Å²) in [5, 5.41) is 7.63. The Morgan fingerprint density at radius 3 is 2.89 bits per heavy atom. The molecule has 0 aliphatic heterocycles. The molecule has 19 heavy (non-hydrogen) atoms. The van der Waals surface area contributed by atoms with Gasteiger partial charge in [-0.25, -0.2) is 13.1 Å². The second-order valence-electron chi connectivity index (χ2n) is 3.88. The van der Waals surface area contributed by atoms with Crippen LogP contribution < -0.4 is 4.72 Å². The molecule has 0 spiro atoms. The van der Waals surface area contributed by atoms with E-state index < -0.39 is 10.0 Å². The molecule has 0 fully saturated rings. The highest BCUT2D eigenvalue weighted by molar-refractivity contribution is 7.89. The van der Waals surface area contributed by atoms with Crippen molar-refractivity contribution in [1.82, 2.24) is 19.9 Å². The first kappa shape index (κ1) is 13.6. The molecule has 0 amide bonds. The van der Waals surface area contributed by atoms with Gasteiger partial charge in [0, 0.05) is 12.4 Å². The van der Waals surface area contributed by atoms with Crippen LogP contribution in [0.1, 0.15) is 19.2 Å². The highest BCUT2D eigenvalue weighted by Gasteiger charge is 2.12. The van der Waals surface area contributed by atoms with E-state index in [9.17, 15) is 8.42 Å². The number of nitrogens with one attached hydrogen (secondary N) is 1. The van der Waals surface area contributed by atoms with E-state index in [1.165, 1.54) is 0 Å². The molecule has 0 atom stereocenters. The third kappa shape index (κ3) is 3.83. The van der Waals surface area contributed by atoms with Crippen molar-refractivity contribution >= 4 is 10.0 Å². The van der Waals surface area contributed by atoms with Gasteiger partial charge in [-0.1, -0.05) is 6.92 Å².